The third-order valence-electron chi connectivity index (χ3n) is 3.38. The van der Waals surface area contributed by atoms with Crippen molar-refractivity contribution in [3.8, 4) is 0 Å². The minimum Gasteiger partial charge on any atom is -0.335 e. The molecular weight excluding hydrogens is 268 g/mol. The van der Waals surface area contributed by atoms with Gasteiger partial charge in [0.2, 0.25) is 0 Å². The van der Waals surface area contributed by atoms with Gasteiger partial charge in [0.1, 0.15) is 12.2 Å². The first kappa shape index (κ1) is 13.4. The van der Waals surface area contributed by atoms with Gasteiger partial charge < -0.3 is 4.57 Å². The Bertz CT molecular complexity index is 806. The second kappa shape index (κ2) is 5.82. The third kappa shape index (κ3) is 2.67. The van der Waals surface area contributed by atoms with Gasteiger partial charge in [-0.05, 0) is 6.42 Å². The summed E-state index contributed by atoms with van der Waals surface area (Å²) in [6, 6.07) is 0. The van der Waals surface area contributed by atoms with E-state index in [1.807, 2.05) is 6.20 Å². The number of imidazole rings is 1. The second-order valence-corrected chi connectivity index (χ2v) is 4.72. The minimum absolute atomic E-state index is 0.144. The van der Waals surface area contributed by atoms with Crippen molar-refractivity contribution >= 4 is 11.2 Å². The normalized spacial score (nSPS) is 11.1. The summed E-state index contributed by atoms with van der Waals surface area (Å²) in [5.41, 5.74) is 0.563. The van der Waals surface area contributed by atoms with Crippen LogP contribution >= 0.6 is 0 Å². The van der Waals surface area contributed by atoms with Crippen molar-refractivity contribution in [3.05, 3.63) is 47.3 Å². The van der Waals surface area contributed by atoms with Crippen LogP contribution in [-0.4, -0.2) is 29.1 Å². The third-order valence-corrected chi connectivity index (χ3v) is 3.38. The van der Waals surface area contributed by atoms with Crippen molar-refractivity contribution in [2.75, 3.05) is 0 Å². The highest BCUT2D eigenvalue weighted by Gasteiger charge is 2.06. The summed E-state index contributed by atoms with van der Waals surface area (Å²) in [4.78, 5) is 28.8. The van der Waals surface area contributed by atoms with Crippen LogP contribution in [0, 0.1) is 0 Å². The van der Waals surface area contributed by atoms with Crippen molar-refractivity contribution < 1.29 is 0 Å². The van der Waals surface area contributed by atoms with Crippen molar-refractivity contribution in [1.82, 2.24) is 29.1 Å². The van der Waals surface area contributed by atoms with Gasteiger partial charge in [0.15, 0.2) is 11.2 Å². The zero-order valence-corrected chi connectivity index (χ0v) is 11.8. The summed E-state index contributed by atoms with van der Waals surface area (Å²) in [7, 11) is 0. The van der Waals surface area contributed by atoms with E-state index in [-0.39, 0.29) is 5.56 Å². The maximum absolute atomic E-state index is 12.2. The molecule has 0 fully saturated rings. The van der Waals surface area contributed by atoms with Crippen molar-refractivity contribution in [2.24, 2.45) is 0 Å². The maximum Gasteiger partial charge on any atom is 0.281 e. The first-order valence-electron chi connectivity index (χ1n) is 6.95. The fraction of sp³-hybridized carbons (Fsp3) is 0.357. The number of nitrogens with zero attached hydrogens (tertiary/aromatic N) is 6. The second-order valence-electron chi connectivity index (χ2n) is 4.72. The molecule has 7 heteroatoms. The summed E-state index contributed by atoms with van der Waals surface area (Å²) in [5, 5.41) is 0. The Morgan fingerprint density at radius 3 is 2.67 bits per heavy atom. The van der Waals surface area contributed by atoms with E-state index in [4.69, 9.17) is 0 Å². The first-order chi connectivity index (χ1) is 10.3. The fourth-order valence-corrected chi connectivity index (χ4v) is 2.32. The molecule has 0 aromatic carbocycles. The molecule has 0 bridgehead atoms. The molecule has 3 rings (SSSR count). The molecular formula is C14H16N6O. The first-order valence-corrected chi connectivity index (χ1v) is 6.95. The molecule has 3 aromatic rings. The molecule has 0 unspecified atom stereocenters. The average molecular weight is 284 g/mol. The van der Waals surface area contributed by atoms with Crippen LogP contribution in [0.2, 0.25) is 0 Å². The Hall–Kier alpha value is -2.57. The molecule has 0 radical (unpaired) electrons. The molecule has 108 valence electrons. The summed E-state index contributed by atoms with van der Waals surface area (Å²) in [6.45, 7) is 3.50. The highest BCUT2D eigenvalue weighted by molar-refractivity contribution is 5.66. The van der Waals surface area contributed by atoms with Gasteiger partial charge >= 0.3 is 0 Å². The lowest BCUT2D eigenvalue weighted by Crippen LogP contribution is -2.22. The van der Waals surface area contributed by atoms with E-state index < -0.39 is 0 Å². The largest absolute Gasteiger partial charge is 0.335 e. The zero-order valence-electron chi connectivity index (χ0n) is 11.8. The molecule has 0 spiro atoms. The zero-order chi connectivity index (χ0) is 14.7. The molecule has 0 aliphatic heterocycles. The molecule has 0 atom stereocenters. The van der Waals surface area contributed by atoms with E-state index in [1.54, 1.807) is 10.8 Å². The molecule has 0 N–H and O–H groups in total. The van der Waals surface area contributed by atoms with E-state index >= 15 is 0 Å². The Morgan fingerprint density at radius 2 is 1.81 bits per heavy atom. The number of hydrogen-bond acceptors (Lipinski definition) is 5. The molecule has 0 aliphatic rings. The Balaban J connectivity index is 1.74. The topological polar surface area (TPSA) is 78.5 Å². The van der Waals surface area contributed by atoms with Crippen molar-refractivity contribution in [3.63, 3.8) is 0 Å². The smallest absolute Gasteiger partial charge is 0.281 e. The molecule has 3 heterocycles. The van der Waals surface area contributed by atoms with E-state index in [0.717, 1.165) is 25.2 Å². The van der Waals surface area contributed by atoms with Crippen LogP contribution in [0.15, 0.2) is 35.9 Å². The van der Waals surface area contributed by atoms with Crippen LogP contribution < -0.4 is 5.56 Å². The summed E-state index contributed by atoms with van der Waals surface area (Å²) in [5.74, 6) is 1.06. The lowest BCUT2D eigenvalue weighted by atomic mass is 10.3. The van der Waals surface area contributed by atoms with Crippen LogP contribution in [0.4, 0.5) is 0 Å². The van der Waals surface area contributed by atoms with Crippen LogP contribution in [0.5, 0.6) is 0 Å². The highest BCUT2D eigenvalue weighted by Crippen LogP contribution is 2.02. The van der Waals surface area contributed by atoms with Gasteiger partial charge in [0.05, 0.1) is 0 Å². The van der Waals surface area contributed by atoms with Crippen molar-refractivity contribution in [1.29, 1.82) is 0 Å². The molecule has 3 aromatic heterocycles. The summed E-state index contributed by atoms with van der Waals surface area (Å²) >= 11 is 0. The molecule has 0 aliphatic carbocycles. The Kier molecular flexibility index (Phi) is 3.72. The van der Waals surface area contributed by atoms with Crippen LogP contribution in [0.1, 0.15) is 19.2 Å². The predicted molar refractivity (Wildman–Crippen MR) is 77.8 cm³/mol. The van der Waals surface area contributed by atoms with E-state index in [2.05, 4.69) is 31.4 Å². The van der Waals surface area contributed by atoms with Gasteiger partial charge in [-0.25, -0.2) is 19.9 Å². The monoisotopic (exact) mass is 284 g/mol. The Labute approximate surface area is 121 Å². The molecule has 0 amide bonds. The predicted octanol–water partition coefficient (Wildman–Crippen LogP) is 1.04. The quantitative estimate of drug-likeness (QED) is 0.699. The summed E-state index contributed by atoms with van der Waals surface area (Å²) in [6.07, 6.45) is 10.1. The molecule has 7 nitrogen and oxygen atoms in total. The van der Waals surface area contributed by atoms with E-state index in [9.17, 15) is 4.79 Å². The number of aromatic nitrogens is 6. The maximum atomic E-state index is 12.2. The van der Waals surface area contributed by atoms with Gasteiger partial charge in [-0.2, -0.15) is 0 Å². The van der Waals surface area contributed by atoms with Gasteiger partial charge in [-0.15, -0.1) is 0 Å². The lowest BCUT2D eigenvalue weighted by Gasteiger charge is -2.08. The number of fused-ring (bicyclic) bond motifs is 1. The average Bonchev–Trinajstić information content (AvgIpc) is 2.97. The molecule has 0 saturated carbocycles. The minimum atomic E-state index is -0.144. The van der Waals surface area contributed by atoms with Crippen LogP contribution in [0.3, 0.4) is 0 Å². The fourth-order valence-electron chi connectivity index (χ4n) is 2.32. The van der Waals surface area contributed by atoms with E-state index in [1.165, 1.54) is 18.7 Å². The summed E-state index contributed by atoms with van der Waals surface area (Å²) < 4.78 is 3.69. The lowest BCUT2D eigenvalue weighted by molar-refractivity contribution is 0.538. The number of aryl methyl sites for hydroxylation is 3. The van der Waals surface area contributed by atoms with E-state index in [0.29, 0.717) is 17.7 Å². The molecule has 0 saturated heterocycles. The Morgan fingerprint density at radius 1 is 1.00 bits per heavy atom. The standard InChI is InChI=1S/C14H16N6O/c1-2-11-15-6-9-19(11)7-3-8-20-10-18-13-12(14(20)21)16-4-5-17-13/h4-6,9-10H,2-3,7-8H2,1H3. The number of hydrogen-bond donors (Lipinski definition) is 0. The van der Waals surface area contributed by atoms with Crippen molar-refractivity contribution in [2.45, 2.75) is 32.9 Å². The SMILES string of the molecule is CCc1nccn1CCCn1cnc2nccnc2c1=O. The van der Waals surface area contributed by atoms with Gasteiger partial charge in [-0.1, -0.05) is 6.92 Å². The van der Waals surface area contributed by atoms with Crippen LogP contribution in [-0.2, 0) is 19.5 Å². The van der Waals surface area contributed by atoms with Crippen LogP contribution in [0.25, 0.3) is 11.2 Å². The highest BCUT2D eigenvalue weighted by atomic mass is 16.1. The van der Waals surface area contributed by atoms with Gasteiger partial charge in [0, 0.05) is 44.3 Å². The van der Waals surface area contributed by atoms with Gasteiger partial charge in [-0.3, -0.25) is 9.36 Å². The number of rotatable bonds is 5. The van der Waals surface area contributed by atoms with Gasteiger partial charge in [0.25, 0.3) is 5.56 Å². The molecule has 21 heavy (non-hydrogen) atoms.